The van der Waals surface area contributed by atoms with Crippen LogP contribution in [0, 0.1) is 12.7 Å². The van der Waals surface area contributed by atoms with Crippen molar-refractivity contribution in [2.24, 2.45) is 0 Å². The van der Waals surface area contributed by atoms with Crippen molar-refractivity contribution in [3.8, 4) is 11.4 Å². The number of nitrogens with zero attached hydrogens (tertiary/aromatic N) is 2. The molecule has 0 spiro atoms. The topological polar surface area (TPSA) is 70.7 Å². The molecule has 22 heavy (non-hydrogen) atoms. The molecule has 110 valence electrons. The molecule has 0 bridgehead atoms. The fraction of sp³-hybridized carbons (Fsp3) is 0.0625. The Morgan fingerprint density at radius 1 is 1.27 bits per heavy atom. The summed E-state index contributed by atoms with van der Waals surface area (Å²) in [6.45, 7) is 1.65. The van der Waals surface area contributed by atoms with Crippen LogP contribution in [0.5, 0.6) is 0 Å². The number of pyridine rings is 1. The molecule has 0 atom stereocenters. The van der Waals surface area contributed by atoms with Crippen LogP contribution in [0.3, 0.4) is 0 Å². The standard InChI is InChI=1S/C16H13FN4O/c1-10-5-6-11(8-12(10)17)16(22)20-14-9-19-21-15(14)13-4-2-3-7-18-13/h2-9H,1H3,(H,19,21)(H,20,22). The van der Waals surface area contributed by atoms with Gasteiger partial charge in [-0.3, -0.25) is 14.9 Å². The van der Waals surface area contributed by atoms with Crippen molar-refractivity contribution in [3.63, 3.8) is 0 Å². The van der Waals surface area contributed by atoms with Crippen LogP contribution in [0.2, 0.25) is 0 Å². The molecule has 0 aliphatic rings. The molecule has 2 heterocycles. The molecule has 0 saturated heterocycles. The molecule has 2 N–H and O–H groups in total. The lowest BCUT2D eigenvalue weighted by molar-refractivity contribution is 0.102. The van der Waals surface area contributed by atoms with Gasteiger partial charge in [0.05, 0.1) is 17.6 Å². The predicted molar refractivity (Wildman–Crippen MR) is 80.9 cm³/mol. The first-order valence-electron chi connectivity index (χ1n) is 6.67. The van der Waals surface area contributed by atoms with E-state index in [4.69, 9.17) is 0 Å². The lowest BCUT2D eigenvalue weighted by Gasteiger charge is -2.06. The zero-order chi connectivity index (χ0) is 15.5. The van der Waals surface area contributed by atoms with E-state index in [9.17, 15) is 9.18 Å². The maximum Gasteiger partial charge on any atom is 0.255 e. The number of H-pyrrole nitrogens is 1. The minimum atomic E-state index is -0.412. The van der Waals surface area contributed by atoms with Crippen LogP contribution >= 0.6 is 0 Å². The maximum atomic E-state index is 13.6. The van der Waals surface area contributed by atoms with Gasteiger partial charge < -0.3 is 5.32 Å². The highest BCUT2D eigenvalue weighted by Crippen LogP contribution is 2.23. The van der Waals surface area contributed by atoms with Crippen LogP contribution in [-0.4, -0.2) is 21.1 Å². The molecule has 3 aromatic rings. The summed E-state index contributed by atoms with van der Waals surface area (Å²) in [7, 11) is 0. The van der Waals surface area contributed by atoms with Crippen molar-refractivity contribution < 1.29 is 9.18 Å². The summed E-state index contributed by atoms with van der Waals surface area (Å²) in [5, 5.41) is 9.43. The number of amides is 1. The molecule has 2 aromatic heterocycles. The summed E-state index contributed by atoms with van der Waals surface area (Å²) in [4.78, 5) is 16.4. The van der Waals surface area contributed by atoms with Gasteiger partial charge in [-0.1, -0.05) is 12.1 Å². The van der Waals surface area contributed by atoms with Gasteiger partial charge in [0.1, 0.15) is 11.5 Å². The van der Waals surface area contributed by atoms with Crippen LogP contribution < -0.4 is 5.32 Å². The first-order chi connectivity index (χ1) is 10.6. The van der Waals surface area contributed by atoms with E-state index < -0.39 is 11.7 Å². The number of benzene rings is 1. The van der Waals surface area contributed by atoms with Crippen molar-refractivity contribution in [3.05, 3.63) is 65.7 Å². The quantitative estimate of drug-likeness (QED) is 0.780. The fourth-order valence-corrected chi connectivity index (χ4v) is 2.02. The van der Waals surface area contributed by atoms with Gasteiger partial charge in [0.15, 0.2) is 0 Å². The number of halogens is 1. The molecule has 1 aromatic carbocycles. The molecule has 5 nitrogen and oxygen atoms in total. The van der Waals surface area contributed by atoms with Gasteiger partial charge in [-0.25, -0.2) is 4.39 Å². The summed E-state index contributed by atoms with van der Waals surface area (Å²) in [5.74, 6) is -0.817. The van der Waals surface area contributed by atoms with Gasteiger partial charge in [0.25, 0.3) is 5.91 Å². The van der Waals surface area contributed by atoms with Crippen LogP contribution in [-0.2, 0) is 0 Å². The second-order valence-corrected chi connectivity index (χ2v) is 4.79. The summed E-state index contributed by atoms with van der Waals surface area (Å²) < 4.78 is 13.6. The number of hydrogen-bond donors (Lipinski definition) is 2. The van der Waals surface area contributed by atoms with Crippen molar-refractivity contribution in [1.29, 1.82) is 0 Å². The Kier molecular flexibility index (Phi) is 3.65. The molecule has 1 amide bonds. The number of hydrogen-bond acceptors (Lipinski definition) is 3. The summed E-state index contributed by atoms with van der Waals surface area (Å²) in [5.41, 5.74) is 2.49. The van der Waals surface area contributed by atoms with E-state index in [0.29, 0.717) is 22.6 Å². The van der Waals surface area contributed by atoms with Crippen molar-refractivity contribution >= 4 is 11.6 Å². The Balaban J connectivity index is 1.86. The highest BCUT2D eigenvalue weighted by molar-refractivity contribution is 6.05. The second kappa shape index (κ2) is 5.77. The minimum absolute atomic E-state index is 0.247. The Labute approximate surface area is 126 Å². The van der Waals surface area contributed by atoms with E-state index in [-0.39, 0.29) is 5.56 Å². The Morgan fingerprint density at radius 3 is 2.86 bits per heavy atom. The zero-order valence-electron chi connectivity index (χ0n) is 11.8. The number of aromatic nitrogens is 3. The number of rotatable bonds is 3. The largest absolute Gasteiger partial charge is 0.319 e. The normalized spacial score (nSPS) is 10.5. The molecule has 3 rings (SSSR count). The van der Waals surface area contributed by atoms with Crippen LogP contribution in [0.4, 0.5) is 10.1 Å². The average molecular weight is 296 g/mol. The third-order valence-electron chi connectivity index (χ3n) is 3.24. The third kappa shape index (κ3) is 2.71. The van der Waals surface area contributed by atoms with E-state index in [1.807, 2.05) is 6.07 Å². The molecular weight excluding hydrogens is 283 g/mol. The number of aromatic amines is 1. The van der Waals surface area contributed by atoms with Gasteiger partial charge in [-0.05, 0) is 36.8 Å². The van der Waals surface area contributed by atoms with E-state index >= 15 is 0 Å². The molecule has 0 fully saturated rings. The number of anilines is 1. The number of carbonyl (C=O) groups excluding carboxylic acids is 1. The Bertz CT molecular complexity index is 814. The number of carbonyl (C=O) groups is 1. The fourth-order valence-electron chi connectivity index (χ4n) is 2.02. The Hall–Kier alpha value is -3.02. The smallest absolute Gasteiger partial charge is 0.255 e. The van der Waals surface area contributed by atoms with Gasteiger partial charge >= 0.3 is 0 Å². The van der Waals surface area contributed by atoms with Crippen LogP contribution in [0.1, 0.15) is 15.9 Å². The summed E-state index contributed by atoms with van der Waals surface area (Å²) >= 11 is 0. The Morgan fingerprint density at radius 2 is 2.14 bits per heavy atom. The van der Waals surface area contributed by atoms with Crippen molar-refractivity contribution in [2.45, 2.75) is 6.92 Å². The highest BCUT2D eigenvalue weighted by Gasteiger charge is 2.13. The van der Waals surface area contributed by atoms with E-state index in [0.717, 1.165) is 0 Å². The van der Waals surface area contributed by atoms with E-state index in [2.05, 4.69) is 20.5 Å². The van der Waals surface area contributed by atoms with Crippen molar-refractivity contribution in [1.82, 2.24) is 15.2 Å². The van der Waals surface area contributed by atoms with Gasteiger partial charge in [0, 0.05) is 11.8 Å². The summed E-state index contributed by atoms with van der Waals surface area (Å²) in [6.07, 6.45) is 3.14. The summed E-state index contributed by atoms with van der Waals surface area (Å²) in [6, 6.07) is 9.80. The predicted octanol–water partition coefficient (Wildman–Crippen LogP) is 3.17. The first kappa shape index (κ1) is 13.9. The van der Waals surface area contributed by atoms with E-state index in [1.54, 1.807) is 37.4 Å². The van der Waals surface area contributed by atoms with Crippen molar-refractivity contribution in [2.75, 3.05) is 5.32 Å². The number of aryl methyl sites for hydroxylation is 1. The molecule has 0 aliphatic heterocycles. The maximum absolute atomic E-state index is 13.6. The zero-order valence-corrected chi connectivity index (χ0v) is 11.8. The molecule has 6 heteroatoms. The minimum Gasteiger partial charge on any atom is -0.319 e. The highest BCUT2D eigenvalue weighted by atomic mass is 19.1. The number of nitrogens with one attached hydrogen (secondary N) is 2. The molecule has 0 radical (unpaired) electrons. The lowest BCUT2D eigenvalue weighted by atomic mass is 10.1. The van der Waals surface area contributed by atoms with Crippen LogP contribution in [0.15, 0.2) is 48.8 Å². The SMILES string of the molecule is Cc1ccc(C(=O)Nc2cn[nH]c2-c2ccccn2)cc1F. The average Bonchev–Trinajstić information content (AvgIpc) is 2.99. The first-order valence-corrected chi connectivity index (χ1v) is 6.67. The molecule has 0 saturated carbocycles. The molecular formula is C16H13FN4O. The molecule has 0 aliphatic carbocycles. The second-order valence-electron chi connectivity index (χ2n) is 4.79. The lowest BCUT2D eigenvalue weighted by Crippen LogP contribution is -2.12. The molecule has 0 unspecified atom stereocenters. The van der Waals surface area contributed by atoms with Gasteiger partial charge in [0.2, 0.25) is 0 Å². The van der Waals surface area contributed by atoms with Gasteiger partial charge in [-0.2, -0.15) is 5.10 Å². The monoisotopic (exact) mass is 296 g/mol. The van der Waals surface area contributed by atoms with E-state index in [1.165, 1.54) is 12.3 Å². The van der Waals surface area contributed by atoms with Gasteiger partial charge in [-0.15, -0.1) is 0 Å². The van der Waals surface area contributed by atoms with Crippen LogP contribution in [0.25, 0.3) is 11.4 Å². The third-order valence-corrected chi connectivity index (χ3v) is 3.24.